The van der Waals surface area contributed by atoms with Crippen LogP contribution in [0.2, 0.25) is 0 Å². The van der Waals surface area contributed by atoms with Gasteiger partial charge in [-0.05, 0) is 35.0 Å². The lowest BCUT2D eigenvalue weighted by molar-refractivity contribution is -0.303. The summed E-state index contributed by atoms with van der Waals surface area (Å²) < 4.78 is 11.1. The van der Waals surface area contributed by atoms with E-state index in [0.29, 0.717) is 22.6 Å². The van der Waals surface area contributed by atoms with Crippen molar-refractivity contribution in [3.05, 3.63) is 22.2 Å². The second-order valence-electron chi connectivity index (χ2n) is 3.48. The topological polar surface area (TPSA) is 87.7 Å². The van der Waals surface area contributed by atoms with Crippen LogP contribution in [0.5, 0.6) is 11.5 Å². The van der Waals surface area contributed by atoms with Crippen molar-refractivity contribution in [1.82, 2.24) is 5.32 Å². The number of carbonyl (C=O) groups excluding carboxylic acids is 2. The minimum absolute atomic E-state index is 0.261. The number of carboxylic acid groups (broad SMARTS) is 1. The maximum Gasteiger partial charge on any atom is 0.251 e. The van der Waals surface area contributed by atoms with Crippen LogP contribution in [-0.2, 0) is 4.79 Å². The summed E-state index contributed by atoms with van der Waals surface area (Å²) in [5.74, 6) is -1.02. The Morgan fingerprint density at radius 3 is 2.63 bits per heavy atom. The van der Waals surface area contributed by atoms with Crippen LogP contribution >= 0.6 is 15.9 Å². The minimum Gasteiger partial charge on any atom is -0.548 e. The van der Waals surface area contributed by atoms with Crippen molar-refractivity contribution in [2.24, 2.45) is 0 Å². The molecule has 0 radical (unpaired) electrons. The maximum atomic E-state index is 11.7. The number of hydrogen-bond donors (Lipinski definition) is 1. The van der Waals surface area contributed by atoms with Gasteiger partial charge in [0.05, 0.1) is 30.7 Å². The smallest absolute Gasteiger partial charge is 0.251 e. The third-order valence-corrected chi connectivity index (χ3v) is 2.76. The van der Waals surface area contributed by atoms with E-state index in [1.165, 1.54) is 19.2 Å². The molecule has 0 fully saturated rings. The van der Waals surface area contributed by atoms with E-state index in [9.17, 15) is 14.7 Å². The van der Waals surface area contributed by atoms with Gasteiger partial charge in [-0.1, -0.05) is 0 Å². The van der Waals surface area contributed by atoms with E-state index < -0.39 is 18.4 Å². The van der Waals surface area contributed by atoms with Gasteiger partial charge in [0.15, 0.2) is 11.5 Å². The van der Waals surface area contributed by atoms with Gasteiger partial charge in [-0.25, -0.2) is 0 Å². The zero-order valence-corrected chi connectivity index (χ0v) is 12.1. The van der Waals surface area contributed by atoms with Crippen LogP contribution in [0.1, 0.15) is 17.3 Å². The second kappa shape index (κ2) is 6.98. The number of aliphatic carboxylic acids is 1. The van der Waals surface area contributed by atoms with Gasteiger partial charge in [-0.2, -0.15) is 0 Å². The van der Waals surface area contributed by atoms with Crippen LogP contribution in [0.3, 0.4) is 0 Å². The Labute approximate surface area is 118 Å². The minimum atomic E-state index is -1.36. The van der Waals surface area contributed by atoms with Gasteiger partial charge in [0, 0.05) is 5.56 Å². The molecule has 0 atom stereocenters. The number of nitrogens with one attached hydrogen (secondary N) is 1. The van der Waals surface area contributed by atoms with Gasteiger partial charge in [0.2, 0.25) is 0 Å². The predicted octanol–water partition coefficient (Wildman–Crippen LogP) is 0.336. The monoisotopic (exact) mass is 330 g/mol. The summed E-state index contributed by atoms with van der Waals surface area (Å²) in [6, 6.07) is 3.00. The summed E-state index contributed by atoms with van der Waals surface area (Å²) >= 11 is 3.26. The standard InChI is InChI=1S/C12H14BrNO5/c1-3-19-9-5-7(4-8(13)11(9)18-2)12(17)14-6-10(15)16/h4-5H,3,6H2,1-2H3,(H,14,17)(H,15,16)/p-1. The van der Waals surface area contributed by atoms with Gasteiger partial charge in [0.1, 0.15) is 0 Å². The Bertz CT molecular complexity index is 489. The molecular weight excluding hydrogens is 318 g/mol. The van der Waals surface area contributed by atoms with Crippen LogP contribution < -0.4 is 19.9 Å². The SMILES string of the molecule is CCOc1cc(C(=O)NCC(=O)[O-])cc(Br)c1OC. The van der Waals surface area contributed by atoms with Gasteiger partial charge in [-0.3, -0.25) is 4.79 Å². The van der Waals surface area contributed by atoms with E-state index >= 15 is 0 Å². The van der Waals surface area contributed by atoms with Crippen molar-refractivity contribution >= 4 is 27.8 Å². The Morgan fingerprint density at radius 1 is 1.42 bits per heavy atom. The van der Waals surface area contributed by atoms with E-state index in [2.05, 4.69) is 21.2 Å². The third-order valence-electron chi connectivity index (χ3n) is 2.17. The van der Waals surface area contributed by atoms with Gasteiger partial charge in [0.25, 0.3) is 5.91 Å². The average Bonchev–Trinajstić information content (AvgIpc) is 2.36. The summed E-state index contributed by atoms with van der Waals surface area (Å²) in [5.41, 5.74) is 0.261. The first-order valence-electron chi connectivity index (χ1n) is 5.48. The molecule has 19 heavy (non-hydrogen) atoms. The zero-order chi connectivity index (χ0) is 14.4. The van der Waals surface area contributed by atoms with Gasteiger partial charge >= 0.3 is 0 Å². The van der Waals surface area contributed by atoms with E-state index in [1.807, 2.05) is 0 Å². The molecule has 7 heteroatoms. The molecule has 1 amide bonds. The number of carbonyl (C=O) groups is 2. The highest BCUT2D eigenvalue weighted by Gasteiger charge is 2.15. The lowest BCUT2D eigenvalue weighted by Gasteiger charge is -2.13. The molecule has 6 nitrogen and oxygen atoms in total. The molecule has 0 aliphatic rings. The Balaban J connectivity index is 3.02. The first kappa shape index (κ1) is 15.3. The number of hydrogen-bond acceptors (Lipinski definition) is 5. The number of halogens is 1. The van der Waals surface area contributed by atoms with E-state index in [1.54, 1.807) is 6.92 Å². The summed E-state index contributed by atoms with van der Waals surface area (Å²) in [6.45, 7) is 1.66. The van der Waals surface area contributed by atoms with Crippen molar-refractivity contribution in [3.63, 3.8) is 0 Å². The molecule has 0 heterocycles. The molecule has 104 valence electrons. The molecule has 1 aromatic rings. The van der Waals surface area contributed by atoms with E-state index in [0.717, 1.165) is 0 Å². The fourth-order valence-electron chi connectivity index (χ4n) is 1.41. The van der Waals surface area contributed by atoms with E-state index in [-0.39, 0.29) is 5.56 Å². The zero-order valence-electron chi connectivity index (χ0n) is 10.5. The largest absolute Gasteiger partial charge is 0.548 e. The van der Waals surface area contributed by atoms with Gasteiger partial charge in [-0.15, -0.1) is 0 Å². The number of ether oxygens (including phenoxy) is 2. The lowest BCUT2D eigenvalue weighted by atomic mass is 10.2. The Kier molecular flexibility index (Phi) is 5.62. The molecule has 1 aromatic carbocycles. The number of benzene rings is 1. The molecule has 0 unspecified atom stereocenters. The van der Waals surface area contributed by atoms with E-state index in [4.69, 9.17) is 9.47 Å². The van der Waals surface area contributed by atoms with Gasteiger partial charge < -0.3 is 24.7 Å². The van der Waals surface area contributed by atoms with Crippen molar-refractivity contribution in [2.75, 3.05) is 20.3 Å². The predicted molar refractivity (Wildman–Crippen MR) is 69.2 cm³/mol. The highest BCUT2D eigenvalue weighted by Crippen LogP contribution is 2.36. The second-order valence-corrected chi connectivity index (χ2v) is 4.33. The molecule has 1 N–H and O–H groups in total. The molecule has 0 saturated carbocycles. The molecule has 0 aliphatic carbocycles. The quantitative estimate of drug-likeness (QED) is 0.812. The van der Waals surface area contributed by atoms with Crippen molar-refractivity contribution < 1.29 is 24.2 Å². The Hall–Kier alpha value is -1.76. The van der Waals surface area contributed by atoms with Crippen molar-refractivity contribution in [1.29, 1.82) is 0 Å². The number of amides is 1. The molecule has 1 rings (SSSR count). The fourth-order valence-corrected chi connectivity index (χ4v) is 2.02. The maximum absolute atomic E-state index is 11.7. The molecular formula is C12H13BrNO5-. The average molecular weight is 331 g/mol. The normalized spacial score (nSPS) is 9.84. The third kappa shape index (κ3) is 4.13. The molecule has 0 spiro atoms. The fraction of sp³-hybridized carbons (Fsp3) is 0.333. The number of rotatable bonds is 6. The molecule has 0 bridgehead atoms. The molecule has 0 aromatic heterocycles. The first-order chi connectivity index (χ1) is 8.99. The van der Waals surface area contributed by atoms with Crippen LogP contribution in [-0.4, -0.2) is 32.1 Å². The van der Waals surface area contributed by atoms with Crippen molar-refractivity contribution in [2.45, 2.75) is 6.92 Å². The van der Waals surface area contributed by atoms with Crippen molar-refractivity contribution in [3.8, 4) is 11.5 Å². The van der Waals surface area contributed by atoms with Crippen LogP contribution in [0, 0.1) is 0 Å². The summed E-state index contributed by atoms with van der Waals surface area (Å²) in [7, 11) is 1.48. The van der Waals surface area contributed by atoms with Crippen LogP contribution in [0.25, 0.3) is 0 Å². The summed E-state index contributed by atoms with van der Waals surface area (Å²) in [5, 5.41) is 12.5. The summed E-state index contributed by atoms with van der Waals surface area (Å²) in [4.78, 5) is 22.0. The Morgan fingerprint density at radius 2 is 2.11 bits per heavy atom. The van der Waals surface area contributed by atoms with Crippen LogP contribution in [0.15, 0.2) is 16.6 Å². The van der Waals surface area contributed by atoms with Crippen LogP contribution in [0.4, 0.5) is 0 Å². The highest BCUT2D eigenvalue weighted by molar-refractivity contribution is 9.10. The first-order valence-corrected chi connectivity index (χ1v) is 6.27. The molecule has 0 aliphatic heterocycles. The summed E-state index contributed by atoms with van der Waals surface area (Å²) in [6.07, 6.45) is 0. The lowest BCUT2D eigenvalue weighted by Crippen LogP contribution is -2.37. The highest BCUT2D eigenvalue weighted by atomic mass is 79.9. The number of carboxylic acids is 1. The molecule has 0 saturated heterocycles. The number of methoxy groups -OCH3 is 1.